The third-order valence-electron chi connectivity index (χ3n) is 3.48. The first-order valence-corrected chi connectivity index (χ1v) is 7.41. The van der Waals surface area contributed by atoms with Gasteiger partial charge in [0.1, 0.15) is 5.82 Å². The van der Waals surface area contributed by atoms with Crippen molar-refractivity contribution < 1.29 is 4.74 Å². The molecule has 0 aliphatic carbocycles. The first-order chi connectivity index (χ1) is 9.78. The maximum Gasteiger partial charge on any atom is 0.224 e. The molecule has 2 rings (SSSR count). The Kier molecular flexibility index (Phi) is 6.01. The fourth-order valence-electron chi connectivity index (χ4n) is 2.03. The normalized spacial score (nSPS) is 17.7. The summed E-state index contributed by atoms with van der Waals surface area (Å²) in [6, 6.07) is 2.32. The molecule has 0 radical (unpaired) electrons. The number of nitrogens with one attached hydrogen (secondary N) is 2. The standard InChI is InChI=1S/C14H25N5O/c1-3-12(2)17-13-4-5-15-14(18-13)16-6-7-19-8-10-20-11-9-19/h4-5,12H,3,6-11H2,1-2H3,(H2,15,16,17,18). The molecule has 6 heteroatoms. The molecule has 1 atom stereocenters. The monoisotopic (exact) mass is 279 g/mol. The Bertz CT molecular complexity index is 395. The minimum absolute atomic E-state index is 0.422. The molecule has 6 nitrogen and oxygen atoms in total. The summed E-state index contributed by atoms with van der Waals surface area (Å²) < 4.78 is 5.33. The van der Waals surface area contributed by atoms with E-state index in [1.54, 1.807) is 6.20 Å². The van der Waals surface area contributed by atoms with Gasteiger partial charge in [-0.2, -0.15) is 4.98 Å². The van der Waals surface area contributed by atoms with Gasteiger partial charge in [-0.05, 0) is 19.4 Å². The molecule has 0 aromatic carbocycles. The highest BCUT2D eigenvalue weighted by molar-refractivity contribution is 5.40. The van der Waals surface area contributed by atoms with Crippen molar-refractivity contribution in [3.63, 3.8) is 0 Å². The SMILES string of the molecule is CCC(C)Nc1ccnc(NCCN2CCOCC2)n1. The average Bonchev–Trinajstić information content (AvgIpc) is 2.48. The van der Waals surface area contributed by atoms with E-state index in [-0.39, 0.29) is 0 Å². The molecule has 1 aliphatic heterocycles. The van der Waals surface area contributed by atoms with Gasteiger partial charge in [-0.25, -0.2) is 4.98 Å². The van der Waals surface area contributed by atoms with Crippen LogP contribution < -0.4 is 10.6 Å². The van der Waals surface area contributed by atoms with E-state index < -0.39 is 0 Å². The second-order valence-electron chi connectivity index (χ2n) is 5.10. The third kappa shape index (κ3) is 4.94. The number of hydrogen-bond acceptors (Lipinski definition) is 6. The highest BCUT2D eigenvalue weighted by Gasteiger charge is 2.09. The molecule has 20 heavy (non-hydrogen) atoms. The van der Waals surface area contributed by atoms with Crippen LogP contribution in [0.15, 0.2) is 12.3 Å². The number of nitrogens with zero attached hydrogens (tertiary/aromatic N) is 3. The lowest BCUT2D eigenvalue weighted by Crippen LogP contribution is -2.39. The van der Waals surface area contributed by atoms with Gasteiger partial charge in [0.2, 0.25) is 5.95 Å². The van der Waals surface area contributed by atoms with Crippen molar-refractivity contribution in [2.45, 2.75) is 26.3 Å². The van der Waals surface area contributed by atoms with Gasteiger partial charge in [0, 0.05) is 38.4 Å². The smallest absolute Gasteiger partial charge is 0.224 e. The Morgan fingerprint density at radius 1 is 1.40 bits per heavy atom. The molecule has 112 valence electrons. The highest BCUT2D eigenvalue weighted by Crippen LogP contribution is 2.08. The Morgan fingerprint density at radius 2 is 2.20 bits per heavy atom. The predicted molar refractivity (Wildman–Crippen MR) is 81.2 cm³/mol. The van der Waals surface area contributed by atoms with Crippen molar-refractivity contribution in [2.24, 2.45) is 0 Å². The summed E-state index contributed by atoms with van der Waals surface area (Å²) in [5.41, 5.74) is 0. The van der Waals surface area contributed by atoms with Crippen LogP contribution in [-0.4, -0.2) is 60.3 Å². The van der Waals surface area contributed by atoms with E-state index in [1.807, 2.05) is 6.07 Å². The minimum atomic E-state index is 0.422. The zero-order valence-corrected chi connectivity index (χ0v) is 12.4. The quantitative estimate of drug-likeness (QED) is 0.787. The van der Waals surface area contributed by atoms with Crippen LogP contribution in [-0.2, 0) is 4.74 Å². The molecule has 1 unspecified atom stereocenters. The van der Waals surface area contributed by atoms with Crippen LogP contribution in [0.3, 0.4) is 0 Å². The Hall–Kier alpha value is -1.40. The molecule has 1 aromatic heterocycles. The van der Waals surface area contributed by atoms with Crippen molar-refractivity contribution >= 4 is 11.8 Å². The van der Waals surface area contributed by atoms with Crippen molar-refractivity contribution in [1.82, 2.24) is 14.9 Å². The Labute approximate surface area is 120 Å². The van der Waals surface area contributed by atoms with Crippen LogP contribution in [0.2, 0.25) is 0 Å². The first kappa shape index (κ1) is 15.0. The van der Waals surface area contributed by atoms with E-state index in [0.29, 0.717) is 12.0 Å². The van der Waals surface area contributed by atoms with Crippen LogP contribution in [0, 0.1) is 0 Å². The lowest BCUT2D eigenvalue weighted by molar-refractivity contribution is 0.0398. The van der Waals surface area contributed by atoms with Gasteiger partial charge >= 0.3 is 0 Å². The summed E-state index contributed by atoms with van der Waals surface area (Å²) in [6.45, 7) is 9.85. The number of anilines is 2. The molecule has 0 amide bonds. The molecule has 1 saturated heterocycles. The second kappa shape index (κ2) is 8.01. The van der Waals surface area contributed by atoms with Crippen LogP contribution in [0.1, 0.15) is 20.3 Å². The van der Waals surface area contributed by atoms with Crippen molar-refractivity contribution in [3.8, 4) is 0 Å². The molecule has 0 spiro atoms. The molecule has 2 heterocycles. The van der Waals surface area contributed by atoms with Crippen LogP contribution in [0.4, 0.5) is 11.8 Å². The van der Waals surface area contributed by atoms with E-state index >= 15 is 0 Å². The van der Waals surface area contributed by atoms with Gasteiger partial charge in [0.25, 0.3) is 0 Å². The maximum absolute atomic E-state index is 5.33. The zero-order chi connectivity index (χ0) is 14.2. The molecule has 1 fully saturated rings. The van der Waals surface area contributed by atoms with Crippen molar-refractivity contribution in [2.75, 3.05) is 50.0 Å². The van der Waals surface area contributed by atoms with Crippen LogP contribution >= 0.6 is 0 Å². The van der Waals surface area contributed by atoms with Gasteiger partial charge in [-0.15, -0.1) is 0 Å². The molecular formula is C14H25N5O. The molecule has 1 aliphatic rings. The predicted octanol–water partition coefficient (Wildman–Crippen LogP) is 1.43. The molecular weight excluding hydrogens is 254 g/mol. The van der Waals surface area contributed by atoms with E-state index in [2.05, 4.69) is 39.3 Å². The van der Waals surface area contributed by atoms with Gasteiger partial charge < -0.3 is 15.4 Å². The van der Waals surface area contributed by atoms with Crippen LogP contribution in [0.5, 0.6) is 0 Å². The van der Waals surface area contributed by atoms with Gasteiger partial charge in [-0.3, -0.25) is 4.90 Å². The van der Waals surface area contributed by atoms with Crippen molar-refractivity contribution in [1.29, 1.82) is 0 Å². The summed E-state index contributed by atoms with van der Waals surface area (Å²) in [4.78, 5) is 11.1. The fourth-order valence-corrected chi connectivity index (χ4v) is 2.03. The number of hydrogen-bond donors (Lipinski definition) is 2. The molecule has 0 bridgehead atoms. The van der Waals surface area contributed by atoms with Gasteiger partial charge in [-0.1, -0.05) is 6.92 Å². The summed E-state index contributed by atoms with van der Waals surface area (Å²) in [7, 11) is 0. The number of aromatic nitrogens is 2. The van der Waals surface area contributed by atoms with E-state index in [1.165, 1.54) is 0 Å². The Morgan fingerprint density at radius 3 is 2.95 bits per heavy atom. The van der Waals surface area contributed by atoms with Crippen molar-refractivity contribution in [3.05, 3.63) is 12.3 Å². The minimum Gasteiger partial charge on any atom is -0.379 e. The highest BCUT2D eigenvalue weighted by atomic mass is 16.5. The largest absolute Gasteiger partial charge is 0.379 e. The second-order valence-corrected chi connectivity index (χ2v) is 5.10. The third-order valence-corrected chi connectivity index (χ3v) is 3.48. The molecule has 0 saturated carbocycles. The number of morpholine rings is 1. The summed E-state index contributed by atoms with van der Waals surface area (Å²) >= 11 is 0. The number of ether oxygens (including phenoxy) is 1. The molecule has 2 N–H and O–H groups in total. The van der Waals surface area contributed by atoms with E-state index in [0.717, 1.165) is 51.6 Å². The number of rotatable bonds is 7. The topological polar surface area (TPSA) is 62.3 Å². The average molecular weight is 279 g/mol. The maximum atomic E-state index is 5.33. The first-order valence-electron chi connectivity index (χ1n) is 7.41. The summed E-state index contributed by atoms with van der Waals surface area (Å²) in [5, 5.41) is 6.63. The zero-order valence-electron chi connectivity index (χ0n) is 12.4. The lowest BCUT2D eigenvalue weighted by Gasteiger charge is -2.26. The van der Waals surface area contributed by atoms with E-state index in [9.17, 15) is 0 Å². The molecule has 1 aromatic rings. The summed E-state index contributed by atoms with van der Waals surface area (Å²) in [5.74, 6) is 1.56. The summed E-state index contributed by atoms with van der Waals surface area (Å²) in [6.07, 6.45) is 2.86. The van der Waals surface area contributed by atoms with Gasteiger partial charge in [0.15, 0.2) is 0 Å². The van der Waals surface area contributed by atoms with E-state index in [4.69, 9.17) is 4.74 Å². The van der Waals surface area contributed by atoms with Gasteiger partial charge in [0.05, 0.1) is 13.2 Å². The van der Waals surface area contributed by atoms with Crippen LogP contribution in [0.25, 0.3) is 0 Å². The Balaban J connectivity index is 1.75. The lowest BCUT2D eigenvalue weighted by atomic mass is 10.2. The fraction of sp³-hybridized carbons (Fsp3) is 0.714.